The molecule has 0 saturated heterocycles. The second-order valence-electron chi connectivity index (χ2n) is 5.94. The molecule has 0 bridgehead atoms. The fourth-order valence-electron chi connectivity index (χ4n) is 3.05. The molecule has 0 radical (unpaired) electrons. The standard InChI is InChI=1S/C18H11F2NO4/c19-13-6-3-7-14(20)15(13)11-8-12(11)18(24)25-21-16(22)9-4-1-2-5-10(9)17(21)23/h1-7,11-12H,8H2/t11-,12-/m1/s1. The van der Waals surface area contributed by atoms with Crippen LogP contribution >= 0.6 is 0 Å². The van der Waals surface area contributed by atoms with E-state index in [9.17, 15) is 23.2 Å². The number of hydrogen-bond donors (Lipinski definition) is 0. The van der Waals surface area contributed by atoms with Gasteiger partial charge in [0.15, 0.2) is 0 Å². The van der Waals surface area contributed by atoms with Gasteiger partial charge in [-0.15, -0.1) is 0 Å². The van der Waals surface area contributed by atoms with E-state index in [0.29, 0.717) is 5.06 Å². The van der Waals surface area contributed by atoms with Gasteiger partial charge in [0.2, 0.25) is 0 Å². The van der Waals surface area contributed by atoms with Crippen LogP contribution < -0.4 is 0 Å². The van der Waals surface area contributed by atoms with Gasteiger partial charge >= 0.3 is 5.97 Å². The first-order valence-electron chi connectivity index (χ1n) is 7.62. The molecule has 2 atom stereocenters. The molecule has 0 N–H and O–H groups in total. The molecule has 1 heterocycles. The molecule has 2 aromatic carbocycles. The Balaban J connectivity index is 1.50. The molecule has 1 aliphatic carbocycles. The minimum absolute atomic E-state index is 0.146. The van der Waals surface area contributed by atoms with E-state index < -0.39 is 41.3 Å². The SMILES string of the molecule is O=C(ON1C(=O)c2ccccc2C1=O)[C@@H]1C[C@H]1c1c(F)cccc1F. The van der Waals surface area contributed by atoms with E-state index in [4.69, 9.17) is 4.84 Å². The number of halogens is 2. The van der Waals surface area contributed by atoms with Gasteiger partial charge < -0.3 is 4.84 Å². The third-order valence-electron chi connectivity index (χ3n) is 4.40. The van der Waals surface area contributed by atoms with Crippen molar-refractivity contribution < 1.29 is 28.0 Å². The molecule has 2 amide bonds. The summed E-state index contributed by atoms with van der Waals surface area (Å²) in [7, 11) is 0. The normalized spacial score (nSPS) is 21.3. The van der Waals surface area contributed by atoms with Crippen molar-refractivity contribution in [2.75, 3.05) is 0 Å². The number of benzene rings is 2. The monoisotopic (exact) mass is 343 g/mol. The van der Waals surface area contributed by atoms with Gasteiger partial charge in [-0.3, -0.25) is 9.59 Å². The third-order valence-corrected chi connectivity index (χ3v) is 4.40. The van der Waals surface area contributed by atoms with Gasteiger partial charge in [-0.25, -0.2) is 13.6 Å². The minimum Gasteiger partial charge on any atom is -0.329 e. The number of carbonyl (C=O) groups excluding carboxylic acids is 3. The van der Waals surface area contributed by atoms with Crippen LogP contribution in [0.3, 0.4) is 0 Å². The molecule has 4 rings (SSSR count). The van der Waals surface area contributed by atoms with Crippen LogP contribution in [0, 0.1) is 17.6 Å². The van der Waals surface area contributed by atoms with Crippen molar-refractivity contribution in [3.05, 3.63) is 70.8 Å². The molecule has 5 nitrogen and oxygen atoms in total. The predicted molar refractivity (Wildman–Crippen MR) is 80.2 cm³/mol. The number of carbonyl (C=O) groups is 3. The number of hydroxylamine groups is 2. The summed E-state index contributed by atoms with van der Waals surface area (Å²) in [5.41, 5.74) is 0.118. The average Bonchev–Trinajstić information content (AvgIpc) is 3.34. The zero-order valence-electron chi connectivity index (χ0n) is 12.7. The Morgan fingerprint density at radius 2 is 1.52 bits per heavy atom. The lowest BCUT2D eigenvalue weighted by Gasteiger charge is -2.12. The number of rotatable bonds is 3. The summed E-state index contributed by atoms with van der Waals surface area (Å²) in [6.45, 7) is 0. The van der Waals surface area contributed by atoms with E-state index in [-0.39, 0.29) is 23.1 Å². The molecule has 0 aromatic heterocycles. The topological polar surface area (TPSA) is 63.7 Å². The summed E-state index contributed by atoms with van der Waals surface area (Å²) >= 11 is 0. The van der Waals surface area contributed by atoms with Crippen molar-refractivity contribution in [3.8, 4) is 0 Å². The molecule has 2 aliphatic rings. The molecule has 7 heteroatoms. The largest absolute Gasteiger partial charge is 0.336 e. The molecule has 0 unspecified atom stereocenters. The van der Waals surface area contributed by atoms with Crippen LogP contribution in [0.15, 0.2) is 42.5 Å². The van der Waals surface area contributed by atoms with Gasteiger partial charge in [0.1, 0.15) is 11.6 Å². The predicted octanol–water partition coefficient (Wildman–Crippen LogP) is 2.82. The minimum atomic E-state index is -0.859. The highest BCUT2D eigenvalue weighted by atomic mass is 19.1. The number of fused-ring (bicyclic) bond motifs is 1. The van der Waals surface area contributed by atoms with Gasteiger partial charge in [-0.2, -0.15) is 0 Å². The van der Waals surface area contributed by atoms with Crippen LogP contribution in [0.4, 0.5) is 8.78 Å². The van der Waals surface area contributed by atoms with Crippen molar-refractivity contribution in [2.24, 2.45) is 5.92 Å². The molecule has 2 aromatic rings. The Labute approximate surface area is 140 Å². The van der Waals surface area contributed by atoms with Crippen LogP contribution in [0.2, 0.25) is 0 Å². The second-order valence-corrected chi connectivity index (χ2v) is 5.94. The van der Waals surface area contributed by atoms with E-state index in [0.717, 1.165) is 12.1 Å². The van der Waals surface area contributed by atoms with Gasteiger partial charge in [0, 0.05) is 11.5 Å². The van der Waals surface area contributed by atoms with Crippen molar-refractivity contribution in [1.29, 1.82) is 0 Å². The Hall–Kier alpha value is -3.09. The fraction of sp³-hybridized carbons (Fsp3) is 0.167. The highest BCUT2D eigenvalue weighted by Crippen LogP contribution is 2.50. The quantitative estimate of drug-likeness (QED) is 0.804. The first-order chi connectivity index (χ1) is 12.0. The van der Waals surface area contributed by atoms with Crippen molar-refractivity contribution in [1.82, 2.24) is 5.06 Å². The highest BCUT2D eigenvalue weighted by Gasteiger charge is 2.50. The Morgan fingerprint density at radius 3 is 2.08 bits per heavy atom. The number of imide groups is 1. The first kappa shape index (κ1) is 15.4. The number of nitrogens with zero attached hydrogens (tertiary/aromatic N) is 1. The van der Waals surface area contributed by atoms with Crippen molar-refractivity contribution >= 4 is 17.8 Å². The van der Waals surface area contributed by atoms with Gasteiger partial charge in [0.25, 0.3) is 11.8 Å². The fourth-order valence-corrected chi connectivity index (χ4v) is 3.05. The van der Waals surface area contributed by atoms with Gasteiger partial charge in [0.05, 0.1) is 17.0 Å². The summed E-state index contributed by atoms with van der Waals surface area (Å²) in [5, 5.41) is 0.403. The summed E-state index contributed by atoms with van der Waals surface area (Å²) in [4.78, 5) is 41.4. The summed E-state index contributed by atoms with van der Waals surface area (Å²) in [6, 6.07) is 9.56. The molecule has 0 spiro atoms. The Morgan fingerprint density at radius 1 is 0.960 bits per heavy atom. The molecule has 25 heavy (non-hydrogen) atoms. The summed E-state index contributed by atoms with van der Waals surface area (Å²) in [6.07, 6.45) is 0.194. The van der Waals surface area contributed by atoms with E-state index in [1.807, 2.05) is 0 Å². The lowest BCUT2D eigenvalue weighted by atomic mass is 10.1. The second kappa shape index (κ2) is 5.47. The van der Waals surface area contributed by atoms with Crippen LogP contribution in [-0.4, -0.2) is 22.8 Å². The third kappa shape index (κ3) is 2.39. The highest BCUT2D eigenvalue weighted by molar-refractivity contribution is 6.20. The zero-order chi connectivity index (χ0) is 17.7. The van der Waals surface area contributed by atoms with Crippen LogP contribution in [0.1, 0.15) is 38.6 Å². The first-order valence-corrected chi connectivity index (χ1v) is 7.62. The molecule has 126 valence electrons. The summed E-state index contributed by atoms with van der Waals surface area (Å²) in [5.74, 6) is -5.25. The van der Waals surface area contributed by atoms with E-state index in [1.54, 1.807) is 12.1 Å². The van der Waals surface area contributed by atoms with E-state index >= 15 is 0 Å². The number of hydrogen-bond acceptors (Lipinski definition) is 4. The maximum Gasteiger partial charge on any atom is 0.336 e. The Kier molecular flexibility index (Phi) is 3.38. The van der Waals surface area contributed by atoms with Crippen LogP contribution in [0.25, 0.3) is 0 Å². The van der Waals surface area contributed by atoms with E-state index in [2.05, 4.69) is 0 Å². The lowest BCUT2D eigenvalue weighted by Crippen LogP contribution is -2.33. The van der Waals surface area contributed by atoms with E-state index in [1.165, 1.54) is 18.2 Å². The maximum atomic E-state index is 13.8. The zero-order valence-corrected chi connectivity index (χ0v) is 12.7. The number of amides is 2. The average molecular weight is 343 g/mol. The summed E-state index contributed by atoms with van der Waals surface area (Å²) < 4.78 is 27.6. The van der Waals surface area contributed by atoms with Crippen LogP contribution in [-0.2, 0) is 9.63 Å². The van der Waals surface area contributed by atoms with Crippen molar-refractivity contribution in [2.45, 2.75) is 12.3 Å². The maximum absolute atomic E-state index is 13.8. The molecule has 1 fully saturated rings. The smallest absolute Gasteiger partial charge is 0.329 e. The van der Waals surface area contributed by atoms with Gasteiger partial charge in [-0.1, -0.05) is 23.3 Å². The molecule has 1 aliphatic heterocycles. The lowest BCUT2D eigenvalue weighted by molar-refractivity contribution is -0.170. The van der Waals surface area contributed by atoms with Crippen LogP contribution in [0.5, 0.6) is 0 Å². The Bertz CT molecular complexity index is 872. The molecular weight excluding hydrogens is 332 g/mol. The van der Waals surface area contributed by atoms with Gasteiger partial charge in [-0.05, 0) is 30.7 Å². The van der Waals surface area contributed by atoms with Crippen molar-refractivity contribution in [3.63, 3.8) is 0 Å². The molecular formula is C18H11F2NO4. The molecule has 1 saturated carbocycles.